The third-order valence-electron chi connectivity index (χ3n) is 9.54. The van der Waals surface area contributed by atoms with Crippen molar-refractivity contribution in [3.05, 3.63) is 28.3 Å². The zero-order valence-electron chi connectivity index (χ0n) is 19.6. The van der Waals surface area contributed by atoms with Crippen LogP contribution in [0.25, 0.3) is 0 Å². The number of rotatable bonds is 2. The molecule has 32 heavy (non-hydrogen) atoms. The van der Waals surface area contributed by atoms with Crippen LogP contribution < -0.4 is 15.8 Å². The summed E-state index contributed by atoms with van der Waals surface area (Å²) in [5, 5.41) is 14.0. The van der Waals surface area contributed by atoms with Crippen molar-refractivity contribution in [1.82, 2.24) is 5.32 Å². The van der Waals surface area contributed by atoms with E-state index < -0.39 is 23.0 Å². The first-order valence-corrected chi connectivity index (χ1v) is 11.6. The number of primary amides is 1. The molecule has 2 aliphatic heterocycles. The van der Waals surface area contributed by atoms with Crippen molar-refractivity contribution in [2.45, 2.75) is 77.7 Å². The molecule has 0 bridgehead atoms. The highest BCUT2D eigenvalue weighted by atomic mass is 16.5. The van der Waals surface area contributed by atoms with Gasteiger partial charge in [0.2, 0.25) is 5.91 Å². The molecular weight excluding hydrogens is 408 g/mol. The van der Waals surface area contributed by atoms with Gasteiger partial charge in [-0.15, -0.1) is 0 Å². The Morgan fingerprint density at radius 1 is 1.31 bits per heavy atom. The molecular formula is C25H34N2O5. The Labute approximate surface area is 189 Å². The molecule has 1 aromatic carbocycles. The smallest absolute Gasteiger partial charge is 0.252 e. The number of methoxy groups -OCH3 is 1. The minimum atomic E-state index is -0.595. The SMILES string of the molecule is CO[C@H]1C[C@@]23Oc4c(cc(C(N)=O)c5c4CNC5=O)CC2(C)[C@@H](C)CCC3C(C)(C)[C@@H]1O. The molecule has 5 rings (SSSR count). The summed E-state index contributed by atoms with van der Waals surface area (Å²) >= 11 is 0. The van der Waals surface area contributed by atoms with Crippen LogP contribution in [-0.4, -0.2) is 41.8 Å². The number of aliphatic hydroxyl groups is 1. The Bertz CT molecular complexity index is 1020. The van der Waals surface area contributed by atoms with E-state index >= 15 is 0 Å². The fourth-order valence-electron chi connectivity index (χ4n) is 7.49. The first-order valence-electron chi connectivity index (χ1n) is 11.6. The fraction of sp³-hybridized carbons (Fsp3) is 0.680. The Balaban J connectivity index is 1.75. The van der Waals surface area contributed by atoms with Crippen molar-refractivity contribution in [3.63, 3.8) is 0 Å². The van der Waals surface area contributed by atoms with Crippen LogP contribution in [0.2, 0.25) is 0 Å². The summed E-state index contributed by atoms with van der Waals surface area (Å²) in [6.07, 6.45) is 2.40. The Hall–Kier alpha value is -2.12. The van der Waals surface area contributed by atoms with Gasteiger partial charge in [0.1, 0.15) is 11.4 Å². The summed E-state index contributed by atoms with van der Waals surface area (Å²) in [5.74, 6) is 0.334. The molecule has 6 atom stereocenters. The van der Waals surface area contributed by atoms with Gasteiger partial charge in [-0.3, -0.25) is 9.59 Å². The largest absolute Gasteiger partial charge is 0.486 e. The second kappa shape index (κ2) is 6.70. The molecule has 0 radical (unpaired) electrons. The number of aliphatic hydroxyl groups excluding tert-OH is 1. The Morgan fingerprint density at radius 2 is 2.03 bits per heavy atom. The number of ether oxygens (including phenoxy) is 2. The zero-order chi connectivity index (χ0) is 23.2. The van der Waals surface area contributed by atoms with Gasteiger partial charge in [0.05, 0.1) is 23.3 Å². The Morgan fingerprint density at radius 3 is 2.69 bits per heavy atom. The third-order valence-corrected chi connectivity index (χ3v) is 9.54. The van der Waals surface area contributed by atoms with Crippen molar-refractivity contribution in [2.75, 3.05) is 7.11 Å². The molecule has 1 aromatic rings. The minimum absolute atomic E-state index is 0.127. The van der Waals surface area contributed by atoms with Gasteiger partial charge >= 0.3 is 0 Å². The predicted molar refractivity (Wildman–Crippen MR) is 118 cm³/mol. The molecule has 2 saturated carbocycles. The number of carbonyl (C=O) groups is 2. The number of carbonyl (C=O) groups excluding carboxylic acids is 2. The fourth-order valence-corrected chi connectivity index (χ4v) is 7.49. The number of fused-ring (bicyclic) bond motifs is 3. The molecule has 4 aliphatic rings. The van der Waals surface area contributed by atoms with E-state index in [9.17, 15) is 14.7 Å². The van der Waals surface area contributed by atoms with Crippen molar-refractivity contribution >= 4 is 11.8 Å². The molecule has 4 N–H and O–H groups in total. The van der Waals surface area contributed by atoms with Crippen LogP contribution in [0.3, 0.4) is 0 Å². The first-order chi connectivity index (χ1) is 15.0. The number of amides is 2. The van der Waals surface area contributed by atoms with Gasteiger partial charge in [-0.05, 0) is 42.2 Å². The maximum atomic E-state index is 12.6. The van der Waals surface area contributed by atoms with Crippen LogP contribution in [0.1, 0.15) is 78.8 Å². The molecule has 7 nitrogen and oxygen atoms in total. The van der Waals surface area contributed by atoms with Crippen LogP contribution in [0, 0.1) is 22.7 Å². The van der Waals surface area contributed by atoms with E-state index in [0.29, 0.717) is 30.2 Å². The van der Waals surface area contributed by atoms with E-state index in [4.69, 9.17) is 15.2 Å². The van der Waals surface area contributed by atoms with Crippen molar-refractivity contribution in [3.8, 4) is 5.75 Å². The van der Waals surface area contributed by atoms with Crippen molar-refractivity contribution in [1.29, 1.82) is 0 Å². The first kappa shape index (κ1) is 21.7. The zero-order valence-corrected chi connectivity index (χ0v) is 19.6. The molecule has 7 heteroatoms. The monoisotopic (exact) mass is 442 g/mol. The third kappa shape index (κ3) is 2.49. The highest BCUT2D eigenvalue weighted by molar-refractivity contribution is 6.10. The predicted octanol–water partition coefficient (Wildman–Crippen LogP) is 2.56. The van der Waals surface area contributed by atoms with Crippen LogP contribution in [0.15, 0.2) is 6.07 Å². The molecule has 1 spiro atoms. The highest BCUT2D eigenvalue weighted by Gasteiger charge is 2.69. The normalized spacial score (nSPS) is 39.1. The van der Waals surface area contributed by atoms with E-state index in [-0.39, 0.29) is 28.9 Å². The van der Waals surface area contributed by atoms with Crippen molar-refractivity contribution < 1.29 is 24.2 Å². The second-order valence-electron chi connectivity index (χ2n) is 11.2. The van der Waals surface area contributed by atoms with Crippen LogP contribution >= 0.6 is 0 Å². The topological polar surface area (TPSA) is 111 Å². The van der Waals surface area contributed by atoms with Gasteiger partial charge in [0.25, 0.3) is 5.91 Å². The number of hydrogen-bond donors (Lipinski definition) is 3. The molecule has 0 aromatic heterocycles. The molecule has 2 fully saturated rings. The van der Waals surface area contributed by atoms with Gasteiger partial charge in [-0.2, -0.15) is 0 Å². The van der Waals surface area contributed by atoms with Gasteiger partial charge in [-0.1, -0.05) is 27.7 Å². The van der Waals surface area contributed by atoms with Crippen LogP contribution in [0.4, 0.5) is 0 Å². The summed E-state index contributed by atoms with van der Waals surface area (Å²) in [4.78, 5) is 24.8. The van der Waals surface area contributed by atoms with Crippen LogP contribution in [-0.2, 0) is 17.7 Å². The molecule has 174 valence electrons. The lowest BCUT2D eigenvalue weighted by Gasteiger charge is -2.68. The minimum Gasteiger partial charge on any atom is -0.486 e. The molecule has 0 saturated heterocycles. The number of hydrogen-bond acceptors (Lipinski definition) is 5. The number of nitrogens with two attached hydrogens (primary N) is 1. The van der Waals surface area contributed by atoms with Gasteiger partial charge in [0, 0.05) is 37.0 Å². The van der Waals surface area contributed by atoms with Crippen LogP contribution in [0.5, 0.6) is 5.75 Å². The van der Waals surface area contributed by atoms with Gasteiger partial charge in [0.15, 0.2) is 0 Å². The number of nitrogens with one attached hydrogen (secondary N) is 1. The second-order valence-corrected chi connectivity index (χ2v) is 11.2. The lowest BCUT2D eigenvalue weighted by atomic mass is 9.43. The lowest BCUT2D eigenvalue weighted by molar-refractivity contribution is -0.264. The van der Waals surface area contributed by atoms with E-state index in [1.807, 2.05) is 0 Å². The standard InChI is InChI=1S/C25H34N2O5/c1-12-6-7-17-23(2,3)20(28)16(31-5)10-25(17)24(12,4)9-13-8-14(21(26)29)18-15(19(13)32-25)11-27-22(18)30/h8,12,16-17,20,28H,6-7,9-11H2,1-5H3,(H2,26,29)(H,27,30)/t12-,16-,17?,20+,24?,25-/m0/s1. The summed E-state index contributed by atoms with van der Waals surface area (Å²) in [6, 6.07) is 1.77. The van der Waals surface area contributed by atoms with Crippen molar-refractivity contribution in [2.24, 2.45) is 28.4 Å². The molecule has 2 unspecified atom stereocenters. The van der Waals surface area contributed by atoms with E-state index in [1.54, 1.807) is 13.2 Å². The maximum absolute atomic E-state index is 12.6. The summed E-state index contributed by atoms with van der Waals surface area (Å²) in [7, 11) is 1.65. The molecule has 2 aliphatic carbocycles. The van der Waals surface area contributed by atoms with Gasteiger partial charge < -0.3 is 25.6 Å². The molecule has 2 amide bonds. The number of benzene rings is 1. The highest BCUT2D eigenvalue weighted by Crippen LogP contribution is 2.66. The van der Waals surface area contributed by atoms with E-state index in [0.717, 1.165) is 30.4 Å². The maximum Gasteiger partial charge on any atom is 0.252 e. The average Bonchev–Trinajstić information content (AvgIpc) is 3.11. The summed E-state index contributed by atoms with van der Waals surface area (Å²) in [5.41, 5.74) is 6.77. The summed E-state index contributed by atoms with van der Waals surface area (Å²) < 4.78 is 12.9. The Kier molecular flexibility index (Phi) is 4.55. The average molecular weight is 443 g/mol. The van der Waals surface area contributed by atoms with Gasteiger partial charge in [-0.25, -0.2) is 0 Å². The summed E-state index contributed by atoms with van der Waals surface area (Å²) in [6.45, 7) is 9.13. The quantitative estimate of drug-likeness (QED) is 0.652. The van der Waals surface area contributed by atoms with E-state index in [2.05, 4.69) is 33.0 Å². The lowest BCUT2D eigenvalue weighted by Crippen LogP contribution is -2.73. The molecule has 2 heterocycles. The van der Waals surface area contributed by atoms with E-state index in [1.165, 1.54) is 0 Å².